The molecule has 0 spiro atoms. The van der Waals surface area contributed by atoms with Crippen molar-refractivity contribution in [1.82, 2.24) is 0 Å². The standard InChI is InChI=1S/C20H32O2/c1-3-5-8-14-18(21)16-19(17-12-10-7-11-13-17)20(22)15-9-6-4-2/h7,10-13,16,18,20-22H,3-6,8-9,14-15H2,1-2H3/b19-16+/t18-,20-/m0/s1. The largest absolute Gasteiger partial charge is 0.389 e. The lowest BCUT2D eigenvalue weighted by Gasteiger charge is -2.17. The van der Waals surface area contributed by atoms with Gasteiger partial charge in [-0.15, -0.1) is 0 Å². The minimum Gasteiger partial charge on any atom is -0.389 e. The predicted molar refractivity (Wildman–Crippen MR) is 94.7 cm³/mol. The summed E-state index contributed by atoms with van der Waals surface area (Å²) in [5, 5.41) is 20.8. The molecular weight excluding hydrogens is 272 g/mol. The van der Waals surface area contributed by atoms with Gasteiger partial charge in [-0.3, -0.25) is 0 Å². The van der Waals surface area contributed by atoms with Gasteiger partial charge in [-0.05, 0) is 30.1 Å². The average molecular weight is 304 g/mol. The van der Waals surface area contributed by atoms with Gasteiger partial charge in [0.15, 0.2) is 0 Å². The molecule has 0 saturated carbocycles. The summed E-state index contributed by atoms with van der Waals surface area (Å²) in [5.74, 6) is 0. The SMILES string of the molecule is CCCCC[C@H](O)/C=C(\c1ccccc1)[C@@H](O)CCCCC. The molecule has 2 heteroatoms. The van der Waals surface area contributed by atoms with E-state index >= 15 is 0 Å². The van der Waals surface area contributed by atoms with Crippen molar-refractivity contribution in [3.05, 3.63) is 42.0 Å². The van der Waals surface area contributed by atoms with E-state index in [1.807, 2.05) is 36.4 Å². The minimum atomic E-state index is -0.491. The molecule has 2 atom stereocenters. The van der Waals surface area contributed by atoms with Gasteiger partial charge in [-0.2, -0.15) is 0 Å². The summed E-state index contributed by atoms with van der Waals surface area (Å²) >= 11 is 0. The van der Waals surface area contributed by atoms with Crippen molar-refractivity contribution in [3.8, 4) is 0 Å². The molecule has 0 aromatic heterocycles. The Kier molecular flexibility index (Phi) is 9.85. The van der Waals surface area contributed by atoms with Crippen LogP contribution in [0.15, 0.2) is 36.4 Å². The molecule has 1 rings (SSSR count). The zero-order chi connectivity index (χ0) is 16.2. The molecule has 2 N–H and O–H groups in total. The number of aliphatic hydroxyl groups is 2. The molecule has 124 valence electrons. The van der Waals surface area contributed by atoms with Crippen LogP contribution in [0.5, 0.6) is 0 Å². The lowest BCUT2D eigenvalue weighted by Crippen LogP contribution is -2.13. The van der Waals surface area contributed by atoms with Crippen LogP contribution in [-0.4, -0.2) is 22.4 Å². The highest BCUT2D eigenvalue weighted by atomic mass is 16.3. The van der Waals surface area contributed by atoms with E-state index < -0.39 is 12.2 Å². The van der Waals surface area contributed by atoms with Crippen LogP contribution in [0.1, 0.15) is 70.8 Å². The van der Waals surface area contributed by atoms with Gasteiger partial charge in [0.1, 0.15) is 0 Å². The van der Waals surface area contributed by atoms with Gasteiger partial charge in [0, 0.05) is 0 Å². The number of aliphatic hydroxyl groups excluding tert-OH is 2. The third kappa shape index (κ3) is 7.24. The first-order valence-electron chi connectivity index (χ1n) is 8.82. The van der Waals surface area contributed by atoms with Crippen LogP contribution in [0, 0.1) is 0 Å². The average Bonchev–Trinajstić information content (AvgIpc) is 2.54. The van der Waals surface area contributed by atoms with Crippen molar-refractivity contribution in [2.24, 2.45) is 0 Å². The Hall–Kier alpha value is -1.12. The van der Waals surface area contributed by atoms with Gasteiger partial charge in [0.25, 0.3) is 0 Å². The number of rotatable bonds is 11. The lowest BCUT2D eigenvalue weighted by atomic mass is 9.94. The summed E-state index contributed by atoms with van der Waals surface area (Å²) in [4.78, 5) is 0. The number of hydrogen-bond donors (Lipinski definition) is 2. The Bertz CT molecular complexity index is 411. The number of benzene rings is 1. The molecule has 22 heavy (non-hydrogen) atoms. The highest BCUT2D eigenvalue weighted by Gasteiger charge is 2.14. The van der Waals surface area contributed by atoms with Crippen LogP contribution in [0.25, 0.3) is 5.57 Å². The number of hydrogen-bond acceptors (Lipinski definition) is 2. The molecule has 0 saturated heterocycles. The first kappa shape index (κ1) is 18.9. The maximum Gasteiger partial charge on any atom is 0.0793 e. The summed E-state index contributed by atoms with van der Waals surface area (Å²) in [6.45, 7) is 4.33. The van der Waals surface area contributed by atoms with E-state index in [1.54, 1.807) is 0 Å². The molecule has 0 amide bonds. The highest BCUT2D eigenvalue weighted by Crippen LogP contribution is 2.23. The molecule has 0 radical (unpaired) electrons. The second kappa shape index (κ2) is 11.4. The van der Waals surface area contributed by atoms with E-state index in [2.05, 4.69) is 13.8 Å². The van der Waals surface area contributed by atoms with E-state index in [0.29, 0.717) is 0 Å². The molecular formula is C20H32O2. The van der Waals surface area contributed by atoms with Crippen molar-refractivity contribution in [3.63, 3.8) is 0 Å². The Morgan fingerprint density at radius 2 is 1.50 bits per heavy atom. The van der Waals surface area contributed by atoms with Crippen LogP contribution >= 0.6 is 0 Å². The van der Waals surface area contributed by atoms with Gasteiger partial charge >= 0.3 is 0 Å². The van der Waals surface area contributed by atoms with E-state index in [9.17, 15) is 10.2 Å². The summed E-state index contributed by atoms with van der Waals surface area (Å²) in [6.07, 6.45) is 9.07. The molecule has 0 heterocycles. The van der Waals surface area contributed by atoms with E-state index in [1.165, 1.54) is 0 Å². The van der Waals surface area contributed by atoms with Crippen LogP contribution in [0.4, 0.5) is 0 Å². The van der Waals surface area contributed by atoms with Crippen molar-refractivity contribution >= 4 is 5.57 Å². The van der Waals surface area contributed by atoms with Gasteiger partial charge in [-0.1, -0.05) is 82.7 Å². The smallest absolute Gasteiger partial charge is 0.0793 e. The monoisotopic (exact) mass is 304 g/mol. The third-order valence-corrected chi connectivity index (χ3v) is 4.02. The molecule has 1 aromatic rings. The quantitative estimate of drug-likeness (QED) is 0.568. The second-order valence-corrected chi connectivity index (χ2v) is 6.06. The normalized spacial score (nSPS) is 14.8. The van der Waals surface area contributed by atoms with Gasteiger partial charge in [-0.25, -0.2) is 0 Å². The van der Waals surface area contributed by atoms with Crippen molar-refractivity contribution in [2.75, 3.05) is 0 Å². The lowest BCUT2D eigenvalue weighted by molar-refractivity contribution is 0.198. The fraction of sp³-hybridized carbons (Fsp3) is 0.600. The molecule has 2 nitrogen and oxygen atoms in total. The first-order chi connectivity index (χ1) is 10.7. The molecule has 0 unspecified atom stereocenters. The third-order valence-electron chi connectivity index (χ3n) is 4.02. The molecule has 0 aliphatic heterocycles. The summed E-state index contributed by atoms with van der Waals surface area (Å²) in [7, 11) is 0. The van der Waals surface area contributed by atoms with Gasteiger partial charge in [0.05, 0.1) is 12.2 Å². The first-order valence-corrected chi connectivity index (χ1v) is 8.82. The molecule has 0 aliphatic carbocycles. The van der Waals surface area contributed by atoms with Crippen LogP contribution in [0.2, 0.25) is 0 Å². The Morgan fingerprint density at radius 1 is 0.909 bits per heavy atom. The van der Waals surface area contributed by atoms with Crippen LogP contribution in [-0.2, 0) is 0 Å². The van der Waals surface area contributed by atoms with E-state index in [0.717, 1.165) is 62.5 Å². The van der Waals surface area contributed by atoms with Crippen molar-refractivity contribution < 1.29 is 10.2 Å². The van der Waals surface area contributed by atoms with Gasteiger partial charge in [0.2, 0.25) is 0 Å². The van der Waals surface area contributed by atoms with E-state index in [4.69, 9.17) is 0 Å². The number of unbranched alkanes of at least 4 members (excludes halogenated alkanes) is 4. The van der Waals surface area contributed by atoms with Crippen LogP contribution in [0.3, 0.4) is 0 Å². The molecule has 0 bridgehead atoms. The van der Waals surface area contributed by atoms with Gasteiger partial charge < -0.3 is 10.2 Å². The Balaban J connectivity index is 2.77. The Morgan fingerprint density at radius 3 is 2.09 bits per heavy atom. The maximum atomic E-state index is 10.5. The molecule has 0 aliphatic rings. The van der Waals surface area contributed by atoms with E-state index in [-0.39, 0.29) is 0 Å². The topological polar surface area (TPSA) is 40.5 Å². The predicted octanol–water partition coefficient (Wildman–Crippen LogP) is 4.95. The fourth-order valence-electron chi connectivity index (χ4n) is 2.67. The van der Waals surface area contributed by atoms with Crippen molar-refractivity contribution in [2.45, 2.75) is 77.4 Å². The fourth-order valence-corrected chi connectivity index (χ4v) is 2.67. The highest BCUT2D eigenvalue weighted by molar-refractivity contribution is 5.69. The Labute approximate surface area is 135 Å². The zero-order valence-electron chi connectivity index (χ0n) is 14.2. The zero-order valence-corrected chi connectivity index (χ0v) is 14.2. The molecule has 1 aromatic carbocycles. The molecule has 0 fully saturated rings. The minimum absolute atomic E-state index is 0.470. The summed E-state index contributed by atoms with van der Waals surface area (Å²) in [5.41, 5.74) is 1.89. The van der Waals surface area contributed by atoms with Crippen molar-refractivity contribution in [1.29, 1.82) is 0 Å². The maximum absolute atomic E-state index is 10.5. The van der Waals surface area contributed by atoms with Crippen LogP contribution < -0.4 is 0 Å². The summed E-state index contributed by atoms with van der Waals surface area (Å²) < 4.78 is 0. The second-order valence-electron chi connectivity index (χ2n) is 6.06. The summed E-state index contributed by atoms with van der Waals surface area (Å²) in [6, 6.07) is 9.94.